The Bertz CT molecular complexity index is 575. The van der Waals surface area contributed by atoms with E-state index in [1.54, 1.807) is 39.8 Å². The molecule has 1 N–H and O–H groups in total. The minimum Gasteiger partial charge on any atom is -0.480 e. The highest BCUT2D eigenvalue weighted by atomic mass is 32.2. The van der Waals surface area contributed by atoms with Gasteiger partial charge >= 0.3 is 5.97 Å². The Labute approximate surface area is 114 Å². The van der Waals surface area contributed by atoms with Crippen molar-refractivity contribution in [1.29, 1.82) is 0 Å². The summed E-state index contributed by atoms with van der Waals surface area (Å²) in [4.78, 5) is 11.5. The average Bonchev–Trinajstić information content (AvgIpc) is 2.31. The maximum absolute atomic E-state index is 12.6. The summed E-state index contributed by atoms with van der Waals surface area (Å²) in [5.41, 5.74) is 1.39. The first-order valence-electron chi connectivity index (χ1n) is 6.25. The van der Waals surface area contributed by atoms with E-state index in [0.717, 1.165) is 5.56 Å². The van der Waals surface area contributed by atoms with Gasteiger partial charge in [0.2, 0.25) is 0 Å². The van der Waals surface area contributed by atoms with Gasteiger partial charge in [-0.3, -0.25) is 4.79 Å². The van der Waals surface area contributed by atoms with E-state index in [1.807, 2.05) is 6.07 Å². The molecule has 0 aliphatic heterocycles. The molecule has 0 aliphatic rings. The fourth-order valence-electron chi connectivity index (χ4n) is 2.05. The van der Waals surface area contributed by atoms with Gasteiger partial charge in [0.25, 0.3) is 0 Å². The van der Waals surface area contributed by atoms with E-state index in [0.29, 0.717) is 12.0 Å². The van der Waals surface area contributed by atoms with Crippen LogP contribution in [0.3, 0.4) is 0 Å². The molecule has 0 heterocycles. The van der Waals surface area contributed by atoms with Crippen LogP contribution in [0.4, 0.5) is 0 Å². The molecule has 5 heteroatoms. The van der Waals surface area contributed by atoms with Crippen molar-refractivity contribution < 1.29 is 18.3 Å². The van der Waals surface area contributed by atoms with E-state index in [4.69, 9.17) is 0 Å². The number of aliphatic carboxylic acids is 1. The minimum absolute atomic E-state index is 0.125. The van der Waals surface area contributed by atoms with Crippen molar-refractivity contribution in [3.05, 3.63) is 29.3 Å². The molecule has 1 rings (SSSR count). The summed E-state index contributed by atoms with van der Waals surface area (Å²) in [5, 5.41) is 7.86. The lowest BCUT2D eigenvalue weighted by atomic mass is 10.1. The number of hydrogen-bond donors (Lipinski definition) is 1. The largest absolute Gasteiger partial charge is 0.480 e. The van der Waals surface area contributed by atoms with Crippen molar-refractivity contribution >= 4 is 15.8 Å². The Hall–Kier alpha value is -1.36. The van der Waals surface area contributed by atoms with Crippen LogP contribution in [-0.4, -0.2) is 24.7 Å². The van der Waals surface area contributed by atoms with Gasteiger partial charge < -0.3 is 5.11 Å². The molecular weight excluding hydrogens is 264 g/mol. The van der Waals surface area contributed by atoms with Gasteiger partial charge in [0.05, 0.1) is 4.90 Å². The Balaban J connectivity index is 3.43. The molecule has 1 aromatic rings. The zero-order valence-corrected chi connectivity index (χ0v) is 12.5. The first-order chi connectivity index (χ1) is 8.71. The second-order valence-electron chi connectivity index (χ2n) is 4.96. The second-order valence-corrected chi connectivity index (χ2v) is 7.00. The van der Waals surface area contributed by atoms with E-state index in [-0.39, 0.29) is 4.90 Å². The van der Waals surface area contributed by atoms with Crippen LogP contribution in [0.5, 0.6) is 0 Å². The molecule has 2 unspecified atom stereocenters. The fraction of sp³-hybridized carbons (Fsp3) is 0.500. The third-order valence-corrected chi connectivity index (χ3v) is 5.78. The molecule has 106 valence electrons. The number of aryl methyl sites for hydroxylation is 2. The molecule has 0 radical (unpaired) electrons. The van der Waals surface area contributed by atoms with Crippen LogP contribution in [0.2, 0.25) is 0 Å². The van der Waals surface area contributed by atoms with E-state index in [2.05, 4.69) is 0 Å². The predicted octanol–water partition coefficient (Wildman–Crippen LogP) is 2.58. The molecule has 19 heavy (non-hydrogen) atoms. The SMILES string of the molecule is CCC(C)C(C(=O)O)S(=O)(=O)c1cc(C)ccc1C. The van der Waals surface area contributed by atoms with Gasteiger partial charge in [0.15, 0.2) is 15.1 Å². The molecule has 0 spiro atoms. The normalized spacial score (nSPS) is 14.9. The van der Waals surface area contributed by atoms with Crippen LogP contribution < -0.4 is 0 Å². The summed E-state index contributed by atoms with van der Waals surface area (Å²) in [6.07, 6.45) is 0.501. The van der Waals surface area contributed by atoms with Crippen molar-refractivity contribution in [2.45, 2.75) is 44.3 Å². The van der Waals surface area contributed by atoms with Gasteiger partial charge in [-0.2, -0.15) is 0 Å². The number of sulfone groups is 1. The number of hydrogen-bond acceptors (Lipinski definition) is 3. The van der Waals surface area contributed by atoms with E-state index < -0.39 is 27.0 Å². The van der Waals surface area contributed by atoms with Crippen LogP contribution in [0.1, 0.15) is 31.4 Å². The highest BCUT2D eigenvalue weighted by Gasteiger charge is 2.38. The molecule has 0 saturated carbocycles. The highest BCUT2D eigenvalue weighted by Crippen LogP contribution is 2.27. The average molecular weight is 284 g/mol. The number of rotatable bonds is 5. The summed E-state index contributed by atoms with van der Waals surface area (Å²) < 4.78 is 25.1. The predicted molar refractivity (Wildman–Crippen MR) is 74.0 cm³/mol. The molecule has 0 fully saturated rings. The quantitative estimate of drug-likeness (QED) is 0.902. The molecule has 1 aromatic carbocycles. The van der Waals surface area contributed by atoms with Crippen molar-refractivity contribution in [1.82, 2.24) is 0 Å². The number of carbonyl (C=O) groups is 1. The van der Waals surface area contributed by atoms with Crippen LogP contribution in [0.25, 0.3) is 0 Å². The van der Waals surface area contributed by atoms with Crippen LogP contribution in [0, 0.1) is 19.8 Å². The molecule has 0 saturated heterocycles. The van der Waals surface area contributed by atoms with E-state index in [1.165, 1.54) is 0 Å². The molecular formula is C14H20O4S. The summed E-state index contributed by atoms with van der Waals surface area (Å²) in [5.74, 6) is -1.71. The first-order valence-corrected chi connectivity index (χ1v) is 7.80. The van der Waals surface area contributed by atoms with Gasteiger partial charge in [-0.05, 0) is 37.0 Å². The number of carboxylic acid groups (broad SMARTS) is 1. The minimum atomic E-state index is -3.86. The number of carboxylic acids is 1. The van der Waals surface area contributed by atoms with Crippen LogP contribution >= 0.6 is 0 Å². The molecule has 0 bridgehead atoms. The number of benzene rings is 1. The van der Waals surface area contributed by atoms with Crippen molar-refractivity contribution in [2.24, 2.45) is 5.92 Å². The van der Waals surface area contributed by atoms with Gasteiger partial charge in [-0.25, -0.2) is 8.42 Å². The van der Waals surface area contributed by atoms with Crippen molar-refractivity contribution in [3.8, 4) is 0 Å². The van der Waals surface area contributed by atoms with Gasteiger partial charge in [-0.15, -0.1) is 0 Å². The monoisotopic (exact) mass is 284 g/mol. The van der Waals surface area contributed by atoms with E-state index in [9.17, 15) is 18.3 Å². The molecule has 4 nitrogen and oxygen atoms in total. The van der Waals surface area contributed by atoms with Crippen molar-refractivity contribution in [3.63, 3.8) is 0 Å². The first kappa shape index (κ1) is 15.7. The third kappa shape index (κ3) is 3.15. The Morgan fingerprint density at radius 1 is 1.32 bits per heavy atom. The van der Waals surface area contributed by atoms with Gasteiger partial charge in [0.1, 0.15) is 0 Å². The lowest BCUT2D eigenvalue weighted by Gasteiger charge is -2.20. The summed E-state index contributed by atoms with van der Waals surface area (Å²) in [6.45, 7) is 6.92. The van der Waals surface area contributed by atoms with Gasteiger partial charge in [0, 0.05) is 0 Å². The molecule has 0 aliphatic carbocycles. The maximum Gasteiger partial charge on any atom is 0.322 e. The maximum atomic E-state index is 12.6. The Morgan fingerprint density at radius 3 is 2.37 bits per heavy atom. The summed E-state index contributed by atoms with van der Waals surface area (Å²) >= 11 is 0. The highest BCUT2D eigenvalue weighted by molar-refractivity contribution is 7.92. The standard InChI is InChI=1S/C14H20O4S/c1-5-10(3)13(14(15)16)19(17,18)12-8-9(2)6-7-11(12)4/h6-8,10,13H,5H2,1-4H3,(H,15,16). The zero-order valence-electron chi connectivity index (χ0n) is 11.7. The molecule has 0 aromatic heterocycles. The second kappa shape index (κ2) is 5.74. The Kier molecular flexibility index (Phi) is 4.74. The Morgan fingerprint density at radius 2 is 1.89 bits per heavy atom. The molecule has 0 amide bonds. The lowest BCUT2D eigenvalue weighted by Crippen LogP contribution is -2.36. The zero-order chi connectivity index (χ0) is 14.8. The van der Waals surface area contributed by atoms with Crippen LogP contribution in [-0.2, 0) is 14.6 Å². The topological polar surface area (TPSA) is 71.4 Å². The fourth-order valence-corrected chi connectivity index (χ4v) is 4.26. The third-order valence-electron chi connectivity index (χ3n) is 3.39. The van der Waals surface area contributed by atoms with Gasteiger partial charge in [-0.1, -0.05) is 32.4 Å². The molecule has 2 atom stereocenters. The summed E-state index contributed by atoms with van der Waals surface area (Å²) in [6, 6.07) is 5.06. The lowest BCUT2D eigenvalue weighted by molar-refractivity contribution is -0.137. The smallest absolute Gasteiger partial charge is 0.322 e. The van der Waals surface area contributed by atoms with Crippen molar-refractivity contribution in [2.75, 3.05) is 0 Å². The summed E-state index contributed by atoms with van der Waals surface area (Å²) in [7, 11) is -3.86. The van der Waals surface area contributed by atoms with E-state index >= 15 is 0 Å². The van der Waals surface area contributed by atoms with Crippen LogP contribution in [0.15, 0.2) is 23.1 Å².